The normalized spacial score (nSPS) is 16.7. The molecule has 25 heavy (non-hydrogen) atoms. The van der Waals surface area contributed by atoms with E-state index in [0.717, 1.165) is 17.7 Å². The molecular formula is C17H16Cl2N4O2. The third-order valence-electron chi connectivity index (χ3n) is 4.60. The van der Waals surface area contributed by atoms with Gasteiger partial charge in [-0.05, 0) is 24.6 Å². The van der Waals surface area contributed by atoms with Crippen molar-refractivity contribution in [3.63, 3.8) is 0 Å². The van der Waals surface area contributed by atoms with Crippen LogP contribution in [0.3, 0.4) is 0 Å². The lowest BCUT2D eigenvalue weighted by Gasteiger charge is -2.27. The quantitative estimate of drug-likeness (QED) is 0.828. The van der Waals surface area contributed by atoms with Crippen LogP contribution in [-0.4, -0.2) is 39.6 Å². The Kier molecular flexibility index (Phi) is 4.17. The predicted molar refractivity (Wildman–Crippen MR) is 94.1 cm³/mol. The first-order valence-corrected chi connectivity index (χ1v) is 8.91. The number of fused-ring (bicyclic) bond motifs is 3. The molecule has 2 amide bonds. The van der Waals surface area contributed by atoms with Gasteiger partial charge in [-0.3, -0.25) is 14.3 Å². The van der Waals surface area contributed by atoms with E-state index in [1.54, 1.807) is 27.8 Å². The van der Waals surface area contributed by atoms with Crippen molar-refractivity contribution in [2.75, 3.05) is 13.1 Å². The lowest BCUT2D eigenvalue weighted by Crippen LogP contribution is -2.37. The number of aromatic nitrogens is 2. The van der Waals surface area contributed by atoms with Crippen molar-refractivity contribution in [3.8, 4) is 0 Å². The number of nitrogens with zero attached hydrogens (tertiary/aromatic N) is 3. The van der Waals surface area contributed by atoms with Crippen molar-refractivity contribution in [2.45, 2.75) is 25.9 Å². The van der Waals surface area contributed by atoms with Crippen molar-refractivity contribution in [2.24, 2.45) is 0 Å². The van der Waals surface area contributed by atoms with Gasteiger partial charge in [0, 0.05) is 37.2 Å². The van der Waals surface area contributed by atoms with Crippen LogP contribution in [0.25, 0.3) is 0 Å². The van der Waals surface area contributed by atoms with Crippen LogP contribution in [0.5, 0.6) is 0 Å². The molecule has 0 fully saturated rings. The molecule has 0 radical (unpaired) electrons. The Bertz CT molecular complexity index is 878. The fraction of sp³-hybridized carbons (Fsp3) is 0.353. The van der Waals surface area contributed by atoms with Crippen molar-refractivity contribution in [1.82, 2.24) is 20.0 Å². The van der Waals surface area contributed by atoms with Gasteiger partial charge in [0.15, 0.2) is 0 Å². The van der Waals surface area contributed by atoms with Crippen LogP contribution in [-0.2, 0) is 19.5 Å². The molecule has 0 saturated carbocycles. The van der Waals surface area contributed by atoms with Crippen LogP contribution in [0, 0.1) is 0 Å². The Hall–Kier alpha value is -2.05. The largest absolute Gasteiger partial charge is 0.351 e. The summed E-state index contributed by atoms with van der Waals surface area (Å²) in [5.41, 5.74) is 2.82. The summed E-state index contributed by atoms with van der Waals surface area (Å²) in [4.78, 5) is 26.9. The van der Waals surface area contributed by atoms with Gasteiger partial charge in [-0.15, -0.1) is 0 Å². The average molecular weight is 379 g/mol. The molecule has 0 aliphatic carbocycles. The molecule has 6 nitrogen and oxygen atoms in total. The smallest absolute Gasteiger partial charge is 0.269 e. The Labute approximate surface area is 154 Å². The average Bonchev–Trinajstić information content (AvgIpc) is 2.87. The number of halogens is 2. The number of benzene rings is 1. The predicted octanol–water partition coefficient (Wildman–Crippen LogP) is 2.52. The third kappa shape index (κ3) is 2.89. The number of amides is 2. The summed E-state index contributed by atoms with van der Waals surface area (Å²) >= 11 is 11.9. The van der Waals surface area contributed by atoms with Gasteiger partial charge in [0.1, 0.15) is 5.69 Å². The maximum absolute atomic E-state index is 12.8. The van der Waals surface area contributed by atoms with Gasteiger partial charge in [-0.1, -0.05) is 23.2 Å². The fourth-order valence-corrected chi connectivity index (χ4v) is 3.64. The van der Waals surface area contributed by atoms with E-state index in [4.69, 9.17) is 23.2 Å². The summed E-state index contributed by atoms with van der Waals surface area (Å²) < 4.78 is 1.78. The number of nitrogens with one attached hydrogen (secondary N) is 1. The van der Waals surface area contributed by atoms with E-state index >= 15 is 0 Å². The molecule has 0 bridgehead atoms. The number of carbonyl (C=O) groups excluding carboxylic acids is 2. The van der Waals surface area contributed by atoms with E-state index in [1.165, 1.54) is 0 Å². The van der Waals surface area contributed by atoms with Crippen molar-refractivity contribution in [1.29, 1.82) is 0 Å². The molecule has 0 atom stereocenters. The van der Waals surface area contributed by atoms with Gasteiger partial charge >= 0.3 is 0 Å². The Morgan fingerprint density at radius 2 is 2.04 bits per heavy atom. The summed E-state index contributed by atoms with van der Waals surface area (Å²) in [6.07, 6.45) is 1.49. The van der Waals surface area contributed by atoms with E-state index in [9.17, 15) is 9.59 Å². The van der Waals surface area contributed by atoms with Gasteiger partial charge < -0.3 is 10.2 Å². The maximum atomic E-state index is 12.8. The number of hydrogen-bond donors (Lipinski definition) is 1. The van der Waals surface area contributed by atoms with E-state index in [0.29, 0.717) is 53.9 Å². The highest BCUT2D eigenvalue weighted by Gasteiger charge is 2.31. The molecule has 2 aliphatic heterocycles. The van der Waals surface area contributed by atoms with Crippen LogP contribution in [0.15, 0.2) is 18.2 Å². The molecule has 130 valence electrons. The summed E-state index contributed by atoms with van der Waals surface area (Å²) in [5.74, 6) is -0.242. The van der Waals surface area contributed by atoms with Gasteiger partial charge in [0.2, 0.25) is 0 Å². The summed E-state index contributed by atoms with van der Waals surface area (Å²) in [7, 11) is 0. The van der Waals surface area contributed by atoms with E-state index < -0.39 is 0 Å². The second-order valence-electron chi connectivity index (χ2n) is 6.21. The molecule has 0 saturated heterocycles. The highest BCUT2D eigenvalue weighted by molar-refractivity contribution is 6.42. The van der Waals surface area contributed by atoms with Crippen LogP contribution < -0.4 is 5.32 Å². The maximum Gasteiger partial charge on any atom is 0.269 e. The Morgan fingerprint density at radius 1 is 1.20 bits per heavy atom. The van der Waals surface area contributed by atoms with Crippen molar-refractivity contribution < 1.29 is 9.59 Å². The second-order valence-corrected chi connectivity index (χ2v) is 7.03. The highest BCUT2D eigenvalue weighted by atomic mass is 35.5. The fourth-order valence-electron chi connectivity index (χ4n) is 3.34. The molecule has 0 unspecified atom stereocenters. The zero-order valence-corrected chi connectivity index (χ0v) is 14.9. The molecule has 8 heteroatoms. The molecule has 0 spiro atoms. The van der Waals surface area contributed by atoms with Crippen LogP contribution in [0.2, 0.25) is 10.0 Å². The van der Waals surface area contributed by atoms with Crippen LogP contribution >= 0.6 is 23.2 Å². The van der Waals surface area contributed by atoms with Gasteiger partial charge in [0.05, 0.1) is 22.3 Å². The molecule has 1 N–H and O–H groups in total. The SMILES string of the molecule is O=C1NCCCn2nc3c(c21)CN(C(=O)c1ccc(Cl)c(Cl)c1)CC3. The molecule has 2 aromatic rings. The zero-order valence-electron chi connectivity index (χ0n) is 13.4. The minimum absolute atomic E-state index is 0.116. The molecule has 3 heterocycles. The summed E-state index contributed by atoms with van der Waals surface area (Å²) in [6.45, 7) is 2.28. The zero-order chi connectivity index (χ0) is 17.6. The monoisotopic (exact) mass is 378 g/mol. The first kappa shape index (κ1) is 16.4. The first-order valence-electron chi connectivity index (χ1n) is 8.15. The lowest BCUT2D eigenvalue weighted by atomic mass is 10.0. The first-order chi connectivity index (χ1) is 12.0. The summed E-state index contributed by atoms with van der Waals surface area (Å²) in [5, 5.41) is 8.23. The number of aryl methyl sites for hydroxylation is 1. The second kappa shape index (κ2) is 6.35. The Balaban J connectivity index is 1.64. The van der Waals surface area contributed by atoms with E-state index in [-0.39, 0.29) is 11.8 Å². The minimum atomic E-state index is -0.127. The number of rotatable bonds is 1. The molecule has 2 aliphatic rings. The van der Waals surface area contributed by atoms with Gasteiger partial charge in [0.25, 0.3) is 11.8 Å². The molecular weight excluding hydrogens is 363 g/mol. The standard InChI is InChI=1S/C17H16Cl2N4O2/c18-12-3-2-10(8-13(12)19)17(25)22-7-4-14-11(9-22)15-16(24)20-5-1-6-23(15)21-14/h2-3,8H,1,4-7,9H2,(H,20,24). The van der Waals surface area contributed by atoms with Gasteiger partial charge in [-0.2, -0.15) is 5.10 Å². The molecule has 4 rings (SSSR count). The number of carbonyl (C=O) groups is 2. The summed E-state index contributed by atoms with van der Waals surface area (Å²) in [6, 6.07) is 4.86. The number of hydrogen-bond acceptors (Lipinski definition) is 3. The van der Waals surface area contributed by atoms with Crippen molar-refractivity contribution >= 4 is 35.0 Å². The van der Waals surface area contributed by atoms with Crippen LogP contribution in [0.4, 0.5) is 0 Å². The van der Waals surface area contributed by atoms with Crippen LogP contribution in [0.1, 0.15) is 38.5 Å². The highest BCUT2D eigenvalue weighted by Crippen LogP contribution is 2.27. The minimum Gasteiger partial charge on any atom is -0.351 e. The molecule has 1 aromatic heterocycles. The van der Waals surface area contributed by atoms with E-state index in [2.05, 4.69) is 10.4 Å². The van der Waals surface area contributed by atoms with Crippen molar-refractivity contribution in [3.05, 3.63) is 50.8 Å². The van der Waals surface area contributed by atoms with E-state index in [1.807, 2.05) is 0 Å². The lowest BCUT2D eigenvalue weighted by molar-refractivity contribution is 0.0731. The third-order valence-corrected chi connectivity index (χ3v) is 5.34. The molecule has 1 aromatic carbocycles. The Morgan fingerprint density at radius 3 is 2.84 bits per heavy atom. The topological polar surface area (TPSA) is 67.2 Å². The van der Waals surface area contributed by atoms with Gasteiger partial charge in [-0.25, -0.2) is 0 Å².